The number of carboxylic acids is 1. The first-order chi connectivity index (χ1) is 16.3. The Hall–Kier alpha value is -3.46. The molecule has 0 aromatic rings. The molecule has 0 aromatic carbocycles. The molecule has 13 N–H and O–H groups in total. The van der Waals surface area contributed by atoms with Gasteiger partial charge in [0.05, 0.1) is 12.6 Å². The summed E-state index contributed by atoms with van der Waals surface area (Å²) in [5.41, 5.74) is 21.2. The van der Waals surface area contributed by atoms with Crippen molar-refractivity contribution in [2.75, 3.05) is 13.2 Å². The van der Waals surface area contributed by atoms with E-state index in [1.54, 1.807) is 13.8 Å². The van der Waals surface area contributed by atoms with Crippen LogP contribution in [-0.2, 0) is 24.0 Å². The van der Waals surface area contributed by atoms with Crippen molar-refractivity contribution in [2.24, 2.45) is 33.8 Å². The summed E-state index contributed by atoms with van der Waals surface area (Å²) in [4.78, 5) is 63.7. The van der Waals surface area contributed by atoms with Gasteiger partial charge in [0.25, 0.3) is 0 Å². The fraction of sp³-hybridized carbons (Fsp3) is 0.700. The van der Waals surface area contributed by atoms with E-state index in [-0.39, 0.29) is 50.5 Å². The number of primary amides is 1. The van der Waals surface area contributed by atoms with Crippen molar-refractivity contribution in [1.29, 1.82) is 0 Å². The quantitative estimate of drug-likeness (QED) is 0.0531. The molecule has 15 heteroatoms. The highest BCUT2D eigenvalue weighted by molar-refractivity contribution is 5.94. The number of hydrogen-bond acceptors (Lipinski definition) is 8. The molecule has 0 saturated heterocycles. The molecule has 0 aliphatic heterocycles. The molecule has 200 valence electrons. The Labute approximate surface area is 203 Å². The van der Waals surface area contributed by atoms with Crippen LogP contribution in [0.15, 0.2) is 4.99 Å². The summed E-state index contributed by atoms with van der Waals surface area (Å²) in [5.74, 6) is -4.54. The maximum atomic E-state index is 12.8. The van der Waals surface area contributed by atoms with Crippen LogP contribution in [0.4, 0.5) is 0 Å². The minimum absolute atomic E-state index is 0.000822. The zero-order chi connectivity index (χ0) is 27.1. The number of aliphatic carboxylic acids is 1. The number of nitrogens with zero attached hydrogens (tertiary/aromatic N) is 1. The van der Waals surface area contributed by atoms with E-state index >= 15 is 0 Å². The van der Waals surface area contributed by atoms with Crippen LogP contribution in [0.25, 0.3) is 0 Å². The van der Waals surface area contributed by atoms with Crippen molar-refractivity contribution < 1.29 is 34.2 Å². The number of nitrogens with one attached hydrogen (secondary N) is 3. The summed E-state index contributed by atoms with van der Waals surface area (Å²) in [6, 6.07) is -4.97. The highest BCUT2D eigenvalue weighted by Gasteiger charge is 2.30. The van der Waals surface area contributed by atoms with Gasteiger partial charge >= 0.3 is 5.97 Å². The van der Waals surface area contributed by atoms with Crippen LogP contribution in [0.1, 0.15) is 46.0 Å². The summed E-state index contributed by atoms with van der Waals surface area (Å²) in [5, 5.41) is 26.0. The largest absolute Gasteiger partial charge is 0.480 e. The van der Waals surface area contributed by atoms with Crippen molar-refractivity contribution in [2.45, 2.75) is 70.1 Å². The first-order valence-electron chi connectivity index (χ1n) is 11.1. The van der Waals surface area contributed by atoms with Crippen LogP contribution in [-0.4, -0.2) is 83.1 Å². The molecule has 0 bridgehead atoms. The molecule has 35 heavy (non-hydrogen) atoms. The Bertz CT molecular complexity index is 771. The van der Waals surface area contributed by atoms with E-state index in [1.807, 2.05) is 0 Å². The normalized spacial score (nSPS) is 14.2. The van der Waals surface area contributed by atoms with E-state index in [0.29, 0.717) is 0 Å². The number of amides is 4. The highest BCUT2D eigenvalue weighted by Crippen LogP contribution is 2.07. The van der Waals surface area contributed by atoms with Gasteiger partial charge in [0.15, 0.2) is 5.96 Å². The van der Waals surface area contributed by atoms with E-state index in [0.717, 1.165) is 0 Å². The molecule has 0 fully saturated rings. The van der Waals surface area contributed by atoms with Crippen LogP contribution >= 0.6 is 0 Å². The average Bonchev–Trinajstić information content (AvgIpc) is 2.76. The minimum Gasteiger partial charge on any atom is -0.480 e. The van der Waals surface area contributed by atoms with Gasteiger partial charge in [0, 0.05) is 13.0 Å². The number of carboxylic acid groups (broad SMARTS) is 1. The highest BCUT2D eigenvalue weighted by atomic mass is 16.4. The number of aliphatic imine (C=N–C) groups is 1. The van der Waals surface area contributed by atoms with Crippen LogP contribution in [0, 0.1) is 5.92 Å². The molecule has 0 radical (unpaired) electrons. The Morgan fingerprint density at radius 3 is 1.89 bits per heavy atom. The third-order valence-corrected chi connectivity index (χ3v) is 4.75. The third-order valence-electron chi connectivity index (χ3n) is 4.75. The fourth-order valence-corrected chi connectivity index (χ4v) is 2.91. The second-order valence-corrected chi connectivity index (χ2v) is 8.39. The second kappa shape index (κ2) is 16.2. The van der Waals surface area contributed by atoms with Gasteiger partial charge in [-0.15, -0.1) is 0 Å². The molecule has 4 unspecified atom stereocenters. The topological polar surface area (TPSA) is 278 Å². The SMILES string of the molecule is CC(C)CC(NC(=O)C(N)CCC(N)=O)C(=O)NC(CO)C(=O)NC(CCCN=C(N)N)C(=O)O. The number of hydrogen-bond donors (Lipinski definition) is 9. The predicted molar refractivity (Wildman–Crippen MR) is 126 cm³/mol. The Morgan fingerprint density at radius 1 is 0.857 bits per heavy atom. The molecule has 0 aromatic heterocycles. The Morgan fingerprint density at radius 2 is 1.40 bits per heavy atom. The lowest BCUT2D eigenvalue weighted by Crippen LogP contribution is -2.58. The van der Waals surface area contributed by atoms with Gasteiger partial charge in [-0.3, -0.25) is 24.2 Å². The fourth-order valence-electron chi connectivity index (χ4n) is 2.91. The third kappa shape index (κ3) is 13.7. The molecule has 0 spiro atoms. The molecule has 4 atom stereocenters. The van der Waals surface area contributed by atoms with E-state index < -0.39 is 60.4 Å². The molecular formula is C20H38N8O7. The number of aliphatic hydroxyl groups excluding tert-OH is 1. The van der Waals surface area contributed by atoms with Gasteiger partial charge in [-0.1, -0.05) is 13.8 Å². The van der Waals surface area contributed by atoms with Gasteiger partial charge < -0.3 is 49.1 Å². The number of aliphatic hydroxyl groups is 1. The maximum absolute atomic E-state index is 12.8. The van der Waals surface area contributed by atoms with Crippen LogP contribution < -0.4 is 38.9 Å². The van der Waals surface area contributed by atoms with Crippen LogP contribution in [0.5, 0.6) is 0 Å². The minimum atomic E-state index is -1.47. The first kappa shape index (κ1) is 31.5. The summed E-state index contributed by atoms with van der Waals surface area (Å²) >= 11 is 0. The van der Waals surface area contributed by atoms with E-state index in [2.05, 4.69) is 20.9 Å². The molecule has 15 nitrogen and oxygen atoms in total. The van der Waals surface area contributed by atoms with Gasteiger partial charge in [-0.25, -0.2) is 4.79 Å². The lowest BCUT2D eigenvalue weighted by molar-refractivity contribution is -0.142. The molecule has 0 heterocycles. The first-order valence-corrected chi connectivity index (χ1v) is 11.1. The second-order valence-electron chi connectivity index (χ2n) is 8.39. The summed E-state index contributed by atoms with van der Waals surface area (Å²) in [7, 11) is 0. The molecule has 0 aliphatic rings. The number of carbonyl (C=O) groups is 5. The van der Waals surface area contributed by atoms with Gasteiger partial charge in [0.1, 0.15) is 18.1 Å². The van der Waals surface area contributed by atoms with Crippen molar-refractivity contribution in [3.63, 3.8) is 0 Å². The molecule has 0 saturated carbocycles. The summed E-state index contributed by atoms with van der Waals surface area (Å²) < 4.78 is 0. The molecule has 0 aliphatic carbocycles. The molecule has 4 amide bonds. The lowest BCUT2D eigenvalue weighted by atomic mass is 10.0. The number of nitrogens with two attached hydrogens (primary N) is 4. The summed E-state index contributed by atoms with van der Waals surface area (Å²) in [6.07, 6.45) is 0.309. The van der Waals surface area contributed by atoms with Gasteiger partial charge in [-0.2, -0.15) is 0 Å². The van der Waals surface area contributed by atoms with Crippen molar-refractivity contribution in [1.82, 2.24) is 16.0 Å². The maximum Gasteiger partial charge on any atom is 0.326 e. The number of rotatable bonds is 17. The van der Waals surface area contributed by atoms with E-state index in [1.165, 1.54) is 0 Å². The van der Waals surface area contributed by atoms with Crippen LogP contribution in [0.3, 0.4) is 0 Å². The van der Waals surface area contributed by atoms with Crippen LogP contribution in [0.2, 0.25) is 0 Å². The van der Waals surface area contributed by atoms with Crippen molar-refractivity contribution >= 4 is 35.6 Å². The van der Waals surface area contributed by atoms with E-state index in [4.69, 9.17) is 22.9 Å². The Balaban J connectivity index is 5.19. The van der Waals surface area contributed by atoms with E-state index in [9.17, 15) is 34.2 Å². The van der Waals surface area contributed by atoms with Crippen molar-refractivity contribution in [3.8, 4) is 0 Å². The Kier molecular flexibility index (Phi) is 14.6. The standard InChI is InChI=1S/C20H38N8O7/c1-10(2)8-13(27-16(31)11(21)5-6-15(22)30)17(32)28-14(9-29)18(33)26-12(19(34)35)4-3-7-25-20(23)24/h10-14,29H,3-9,21H2,1-2H3,(H2,22,30)(H,26,33)(H,27,31)(H,28,32)(H,34,35)(H4,23,24,25). The summed E-state index contributed by atoms with van der Waals surface area (Å²) in [6.45, 7) is 2.93. The monoisotopic (exact) mass is 502 g/mol. The van der Waals surface area contributed by atoms with Crippen molar-refractivity contribution in [3.05, 3.63) is 0 Å². The lowest BCUT2D eigenvalue weighted by Gasteiger charge is -2.25. The molecule has 0 rings (SSSR count). The zero-order valence-corrected chi connectivity index (χ0v) is 20.0. The number of carbonyl (C=O) groups excluding carboxylic acids is 4. The number of guanidine groups is 1. The predicted octanol–water partition coefficient (Wildman–Crippen LogP) is -3.79. The average molecular weight is 503 g/mol. The zero-order valence-electron chi connectivity index (χ0n) is 20.0. The van der Waals surface area contributed by atoms with Gasteiger partial charge in [0.2, 0.25) is 23.6 Å². The molecular weight excluding hydrogens is 464 g/mol. The smallest absolute Gasteiger partial charge is 0.326 e. The van der Waals surface area contributed by atoms with Gasteiger partial charge in [-0.05, 0) is 31.6 Å².